The molecule has 0 saturated carbocycles. The first-order valence-electron chi connectivity index (χ1n) is 13.7. The van der Waals surface area contributed by atoms with Gasteiger partial charge in [-0.05, 0) is 79.2 Å². The molecule has 4 aromatic rings. The van der Waals surface area contributed by atoms with E-state index in [1.54, 1.807) is 36.4 Å². The van der Waals surface area contributed by atoms with E-state index in [2.05, 4.69) is 10.5 Å². The molecule has 0 saturated heterocycles. The number of amides is 1. The predicted octanol–water partition coefficient (Wildman–Crippen LogP) is 6.47. The van der Waals surface area contributed by atoms with Gasteiger partial charge < -0.3 is 18.9 Å². The second-order valence-corrected chi connectivity index (χ2v) is 12.2. The van der Waals surface area contributed by atoms with Crippen molar-refractivity contribution in [1.82, 2.24) is 5.43 Å². The Bertz CT molecular complexity index is 1820. The van der Waals surface area contributed by atoms with Crippen molar-refractivity contribution in [3.8, 4) is 23.0 Å². The second kappa shape index (κ2) is 15.7. The fourth-order valence-electron chi connectivity index (χ4n) is 4.16. The van der Waals surface area contributed by atoms with Crippen LogP contribution in [0.5, 0.6) is 23.0 Å². The van der Waals surface area contributed by atoms with Crippen LogP contribution in [0.4, 0.5) is 10.1 Å². The Labute approximate surface area is 276 Å². The van der Waals surface area contributed by atoms with E-state index in [9.17, 15) is 17.6 Å². The minimum absolute atomic E-state index is 0.0622. The topological polar surface area (TPSA) is 116 Å². The number of methoxy groups -OCH3 is 2. The quantitative estimate of drug-likeness (QED) is 0.119. The number of carbonyl (C=O) groups excluding carboxylic acids is 1. The van der Waals surface area contributed by atoms with Crippen LogP contribution in [0.2, 0.25) is 10.0 Å². The van der Waals surface area contributed by atoms with Crippen LogP contribution in [0.15, 0.2) is 88.9 Å². The van der Waals surface area contributed by atoms with Gasteiger partial charge in [-0.2, -0.15) is 5.10 Å². The van der Waals surface area contributed by atoms with Gasteiger partial charge in [0.15, 0.2) is 23.0 Å². The van der Waals surface area contributed by atoms with Crippen LogP contribution >= 0.6 is 23.2 Å². The van der Waals surface area contributed by atoms with Crippen molar-refractivity contribution in [2.75, 3.05) is 31.7 Å². The molecule has 0 aromatic heterocycles. The second-order valence-electron chi connectivity index (χ2n) is 9.46. The van der Waals surface area contributed by atoms with Crippen LogP contribution < -0.4 is 28.7 Å². The molecule has 0 atom stereocenters. The summed E-state index contributed by atoms with van der Waals surface area (Å²) in [5.74, 6) is 0.0660. The number of carbonyl (C=O) groups is 1. The summed E-state index contributed by atoms with van der Waals surface area (Å²) < 4.78 is 64.0. The highest BCUT2D eigenvalue weighted by Gasteiger charge is 2.28. The van der Waals surface area contributed by atoms with Gasteiger partial charge in [-0.25, -0.2) is 18.2 Å². The standard InChI is InChI=1S/C32H30Cl2FN3O7S/c1-4-44-31-15-21(5-13-29(31)45-20-22-6-7-23(33)16-27(22)34)18-36-37-32(39)19-38(25-10-8-24(35)9-11-25)46(40,41)26-12-14-28(42-2)30(17-26)43-3/h5-18H,4,19-20H2,1-3H3,(H,37,39)/b36-18-. The van der Waals surface area contributed by atoms with Gasteiger partial charge in [0, 0.05) is 21.7 Å². The Morgan fingerprint density at radius 1 is 0.891 bits per heavy atom. The Balaban J connectivity index is 1.50. The van der Waals surface area contributed by atoms with E-state index in [-0.39, 0.29) is 22.9 Å². The van der Waals surface area contributed by atoms with E-state index in [4.69, 9.17) is 42.1 Å². The summed E-state index contributed by atoms with van der Waals surface area (Å²) >= 11 is 12.2. The summed E-state index contributed by atoms with van der Waals surface area (Å²) in [6, 6.07) is 18.9. The lowest BCUT2D eigenvalue weighted by molar-refractivity contribution is -0.119. The molecule has 0 fully saturated rings. The van der Waals surface area contributed by atoms with Crippen LogP contribution in [0.3, 0.4) is 0 Å². The van der Waals surface area contributed by atoms with Crippen LogP contribution in [-0.4, -0.2) is 47.9 Å². The Kier molecular flexibility index (Phi) is 11.7. The third-order valence-electron chi connectivity index (χ3n) is 6.41. The monoisotopic (exact) mass is 689 g/mol. The van der Waals surface area contributed by atoms with Crippen molar-refractivity contribution in [2.24, 2.45) is 5.10 Å². The molecule has 10 nitrogen and oxygen atoms in total. The van der Waals surface area contributed by atoms with Crippen molar-refractivity contribution >= 4 is 51.0 Å². The fraction of sp³-hybridized carbons (Fsp3) is 0.188. The normalized spacial score (nSPS) is 11.3. The lowest BCUT2D eigenvalue weighted by atomic mass is 10.2. The molecule has 0 spiro atoms. The lowest BCUT2D eigenvalue weighted by Gasteiger charge is -2.24. The molecule has 4 rings (SSSR count). The third kappa shape index (κ3) is 8.59. The summed E-state index contributed by atoms with van der Waals surface area (Å²) in [5, 5.41) is 4.97. The molecular weight excluding hydrogens is 660 g/mol. The van der Waals surface area contributed by atoms with Crippen molar-refractivity contribution in [1.29, 1.82) is 0 Å². The van der Waals surface area contributed by atoms with E-state index in [0.29, 0.717) is 39.5 Å². The van der Waals surface area contributed by atoms with Crippen LogP contribution in [0.25, 0.3) is 0 Å². The molecule has 0 bridgehead atoms. The zero-order chi connectivity index (χ0) is 33.3. The fourth-order valence-corrected chi connectivity index (χ4v) is 6.06. The minimum Gasteiger partial charge on any atom is -0.493 e. The van der Waals surface area contributed by atoms with Gasteiger partial charge in [-0.15, -0.1) is 0 Å². The van der Waals surface area contributed by atoms with E-state index in [1.807, 2.05) is 6.92 Å². The van der Waals surface area contributed by atoms with Crippen LogP contribution in [0.1, 0.15) is 18.1 Å². The summed E-state index contributed by atoms with van der Waals surface area (Å²) in [4.78, 5) is 12.8. The molecule has 1 amide bonds. The molecule has 242 valence electrons. The smallest absolute Gasteiger partial charge is 0.264 e. The summed E-state index contributed by atoms with van der Waals surface area (Å²) in [6.45, 7) is 1.70. The number of sulfonamides is 1. The van der Waals surface area contributed by atoms with Gasteiger partial charge in [0.25, 0.3) is 15.9 Å². The maximum atomic E-state index is 13.7. The predicted molar refractivity (Wildman–Crippen MR) is 175 cm³/mol. The maximum absolute atomic E-state index is 13.7. The number of ether oxygens (including phenoxy) is 4. The number of hydrogen-bond donors (Lipinski definition) is 1. The number of hydrogen-bond acceptors (Lipinski definition) is 8. The molecule has 14 heteroatoms. The highest BCUT2D eigenvalue weighted by Crippen LogP contribution is 2.33. The molecular formula is C32H30Cl2FN3O7S. The summed E-state index contributed by atoms with van der Waals surface area (Å²) in [7, 11) is -1.54. The Morgan fingerprint density at radius 2 is 1.61 bits per heavy atom. The first-order chi connectivity index (χ1) is 22.0. The third-order valence-corrected chi connectivity index (χ3v) is 8.77. The molecule has 46 heavy (non-hydrogen) atoms. The van der Waals surface area contributed by atoms with Crippen LogP contribution in [-0.2, 0) is 21.4 Å². The molecule has 0 radical (unpaired) electrons. The molecule has 0 aliphatic heterocycles. The van der Waals surface area contributed by atoms with Crippen molar-refractivity contribution in [3.63, 3.8) is 0 Å². The van der Waals surface area contributed by atoms with Gasteiger partial charge in [0.05, 0.1) is 37.6 Å². The summed E-state index contributed by atoms with van der Waals surface area (Å²) in [5.41, 5.74) is 3.71. The first-order valence-corrected chi connectivity index (χ1v) is 15.9. The van der Waals surface area contributed by atoms with E-state index < -0.39 is 28.3 Å². The Hall–Kier alpha value is -4.52. The van der Waals surface area contributed by atoms with Crippen LogP contribution in [0, 0.1) is 5.82 Å². The molecule has 1 N–H and O–H groups in total. The van der Waals surface area contributed by atoms with E-state index in [0.717, 1.165) is 22.0 Å². The number of nitrogens with zero attached hydrogens (tertiary/aromatic N) is 2. The zero-order valence-electron chi connectivity index (χ0n) is 25.0. The number of nitrogens with one attached hydrogen (secondary N) is 1. The van der Waals surface area contributed by atoms with Crippen molar-refractivity contribution in [2.45, 2.75) is 18.4 Å². The number of benzene rings is 4. The highest BCUT2D eigenvalue weighted by molar-refractivity contribution is 7.92. The minimum atomic E-state index is -4.33. The number of anilines is 1. The average Bonchev–Trinajstić information content (AvgIpc) is 3.04. The van der Waals surface area contributed by atoms with Gasteiger partial charge in [-0.1, -0.05) is 29.3 Å². The average molecular weight is 691 g/mol. The summed E-state index contributed by atoms with van der Waals surface area (Å²) in [6.07, 6.45) is 1.37. The molecule has 0 aliphatic rings. The van der Waals surface area contributed by atoms with Gasteiger partial charge in [0.1, 0.15) is 19.0 Å². The van der Waals surface area contributed by atoms with Gasteiger partial charge in [-0.3, -0.25) is 9.10 Å². The van der Waals surface area contributed by atoms with Crippen molar-refractivity contribution < 1.29 is 36.6 Å². The molecule has 4 aromatic carbocycles. The molecule has 0 heterocycles. The van der Waals surface area contributed by atoms with E-state index in [1.165, 1.54) is 50.8 Å². The van der Waals surface area contributed by atoms with Gasteiger partial charge in [0.2, 0.25) is 0 Å². The maximum Gasteiger partial charge on any atom is 0.264 e. The molecule has 0 aliphatic carbocycles. The highest BCUT2D eigenvalue weighted by atomic mass is 35.5. The lowest BCUT2D eigenvalue weighted by Crippen LogP contribution is -2.39. The first kappa shape index (κ1) is 34.4. The van der Waals surface area contributed by atoms with Gasteiger partial charge >= 0.3 is 0 Å². The molecule has 0 unspecified atom stereocenters. The SMILES string of the molecule is CCOc1cc(/C=N\NC(=O)CN(c2ccc(F)cc2)S(=O)(=O)c2ccc(OC)c(OC)c2)ccc1OCc1ccc(Cl)cc1Cl. The van der Waals surface area contributed by atoms with E-state index >= 15 is 0 Å². The number of hydrazone groups is 1. The number of rotatable bonds is 14. The Morgan fingerprint density at radius 3 is 2.28 bits per heavy atom. The zero-order valence-corrected chi connectivity index (χ0v) is 27.3. The largest absolute Gasteiger partial charge is 0.493 e. The number of halogens is 3. The van der Waals surface area contributed by atoms with Crippen molar-refractivity contribution in [3.05, 3.63) is 106 Å².